The number of hydrogen-bond acceptors (Lipinski definition) is 2. The number of pyridine rings is 1. The number of rotatable bonds is 2. The number of amidine groups is 1. The molecule has 0 unspecified atom stereocenters. The van der Waals surface area contributed by atoms with Crippen LogP contribution in [0.4, 0.5) is 0 Å². The van der Waals surface area contributed by atoms with Crippen LogP contribution < -0.4 is 5.73 Å². The van der Waals surface area contributed by atoms with E-state index in [-0.39, 0.29) is 5.84 Å². The van der Waals surface area contributed by atoms with Crippen LogP contribution in [0.3, 0.4) is 0 Å². The third-order valence-electron chi connectivity index (χ3n) is 2.16. The predicted molar refractivity (Wildman–Crippen MR) is 47.2 cm³/mol. The summed E-state index contributed by atoms with van der Waals surface area (Å²) in [5.41, 5.74) is 7.43. The molecule has 0 bridgehead atoms. The molecule has 0 saturated heterocycles. The van der Waals surface area contributed by atoms with E-state index >= 15 is 0 Å². The Morgan fingerprint density at radius 1 is 1.58 bits per heavy atom. The Hall–Kier alpha value is -1.38. The number of hydrogen-bond donors (Lipinski definition) is 2. The van der Waals surface area contributed by atoms with Gasteiger partial charge in [-0.3, -0.25) is 10.4 Å². The highest BCUT2D eigenvalue weighted by Crippen LogP contribution is 2.41. The molecule has 0 aromatic carbocycles. The first-order valence-corrected chi connectivity index (χ1v) is 4.07. The molecule has 12 heavy (non-hydrogen) atoms. The molecule has 1 saturated carbocycles. The number of nitrogen functional groups attached to an aromatic ring is 1. The first-order valence-electron chi connectivity index (χ1n) is 4.07. The number of aromatic nitrogens is 1. The van der Waals surface area contributed by atoms with Crippen LogP contribution in [0.2, 0.25) is 0 Å². The van der Waals surface area contributed by atoms with Crippen molar-refractivity contribution >= 4 is 5.84 Å². The van der Waals surface area contributed by atoms with Crippen molar-refractivity contribution in [2.75, 3.05) is 0 Å². The molecule has 0 atom stereocenters. The average molecular weight is 161 g/mol. The second-order valence-corrected chi connectivity index (χ2v) is 3.15. The van der Waals surface area contributed by atoms with Gasteiger partial charge in [0.15, 0.2) is 0 Å². The van der Waals surface area contributed by atoms with Crippen LogP contribution >= 0.6 is 0 Å². The van der Waals surface area contributed by atoms with Gasteiger partial charge in [-0.05, 0) is 30.4 Å². The maximum atomic E-state index is 7.35. The lowest BCUT2D eigenvalue weighted by Crippen LogP contribution is -2.13. The highest BCUT2D eigenvalue weighted by molar-refractivity contribution is 5.96. The third kappa shape index (κ3) is 1.18. The Morgan fingerprint density at radius 2 is 2.33 bits per heavy atom. The largest absolute Gasteiger partial charge is 0.384 e. The SMILES string of the molecule is N=C(N)c1ccncc1C1CC1. The van der Waals surface area contributed by atoms with Gasteiger partial charge in [-0.2, -0.15) is 0 Å². The lowest BCUT2D eigenvalue weighted by atomic mass is 10.1. The van der Waals surface area contributed by atoms with Crippen molar-refractivity contribution in [3.8, 4) is 0 Å². The first-order chi connectivity index (χ1) is 5.79. The molecule has 0 amide bonds. The molecule has 3 N–H and O–H groups in total. The van der Waals surface area contributed by atoms with Crippen molar-refractivity contribution < 1.29 is 0 Å². The van der Waals surface area contributed by atoms with Crippen LogP contribution in [-0.2, 0) is 0 Å². The fraction of sp³-hybridized carbons (Fsp3) is 0.333. The van der Waals surface area contributed by atoms with Gasteiger partial charge in [0.25, 0.3) is 0 Å². The Balaban J connectivity index is 2.43. The monoisotopic (exact) mass is 161 g/mol. The summed E-state index contributed by atoms with van der Waals surface area (Å²) >= 11 is 0. The standard InChI is InChI=1S/C9H11N3/c10-9(11)7-3-4-12-5-8(7)6-1-2-6/h3-6H,1-2H2,(H3,10,11). The minimum atomic E-state index is 0.152. The fourth-order valence-corrected chi connectivity index (χ4v) is 1.37. The molecule has 3 heteroatoms. The Labute approximate surface area is 71.1 Å². The summed E-state index contributed by atoms with van der Waals surface area (Å²) in [6, 6.07) is 1.82. The fourth-order valence-electron chi connectivity index (χ4n) is 1.37. The van der Waals surface area contributed by atoms with Gasteiger partial charge in [0, 0.05) is 18.0 Å². The second-order valence-electron chi connectivity index (χ2n) is 3.15. The molecule has 2 rings (SSSR count). The Bertz CT molecular complexity index is 315. The zero-order valence-corrected chi connectivity index (χ0v) is 6.75. The van der Waals surface area contributed by atoms with Gasteiger partial charge in [-0.15, -0.1) is 0 Å². The van der Waals surface area contributed by atoms with Gasteiger partial charge >= 0.3 is 0 Å². The Kier molecular flexibility index (Phi) is 1.57. The van der Waals surface area contributed by atoms with Gasteiger partial charge in [0.05, 0.1) is 0 Å². The maximum Gasteiger partial charge on any atom is 0.123 e. The van der Waals surface area contributed by atoms with Crippen LogP contribution in [0.25, 0.3) is 0 Å². The number of nitrogens with two attached hydrogens (primary N) is 1. The quantitative estimate of drug-likeness (QED) is 0.506. The van der Waals surface area contributed by atoms with Crippen LogP contribution in [0.15, 0.2) is 18.5 Å². The first kappa shape index (κ1) is 7.28. The molecule has 0 aliphatic heterocycles. The van der Waals surface area contributed by atoms with E-state index in [1.54, 1.807) is 6.20 Å². The van der Waals surface area contributed by atoms with Gasteiger partial charge < -0.3 is 5.73 Å². The van der Waals surface area contributed by atoms with E-state index in [4.69, 9.17) is 11.1 Å². The molecular weight excluding hydrogens is 150 g/mol. The molecule has 1 fully saturated rings. The summed E-state index contributed by atoms with van der Waals surface area (Å²) in [7, 11) is 0. The average Bonchev–Trinajstić information content (AvgIpc) is 2.87. The van der Waals surface area contributed by atoms with Crippen LogP contribution in [0.1, 0.15) is 29.9 Å². The van der Waals surface area contributed by atoms with E-state index in [0.717, 1.165) is 11.1 Å². The smallest absolute Gasteiger partial charge is 0.123 e. The van der Waals surface area contributed by atoms with Crippen LogP contribution in [0, 0.1) is 5.41 Å². The molecule has 0 spiro atoms. The highest BCUT2D eigenvalue weighted by atomic mass is 14.7. The van der Waals surface area contributed by atoms with Crippen molar-refractivity contribution in [2.45, 2.75) is 18.8 Å². The van der Waals surface area contributed by atoms with Crippen molar-refractivity contribution in [3.63, 3.8) is 0 Å². The normalized spacial score (nSPS) is 16.0. The van der Waals surface area contributed by atoms with Crippen molar-refractivity contribution in [1.82, 2.24) is 4.98 Å². The summed E-state index contributed by atoms with van der Waals surface area (Å²) in [5, 5.41) is 7.35. The van der Waals surface area contributed by atoms with E-state index in [1.807, 2.05) is 12.3 Å². The minimum absolute atomic E-state index is 0.152. The van der Waals surface area contributed by atoms with Gasteiger partial charge in [-0.1, -0.05) is 0 Å². The molecule has 3 nitrogen and oxygen atoms in total. The van der Waals surface area contributed by atoms with Gasteiger partial charge in [0.2, 0.25) is 0 Å². The van der Waals surface area contributed by atoms with Crippen molar-refractivity contribution in [3.05, 3.63) is 29.6 Å². The number of nitrogens with one attached hydrogen (secondary N) is 1. The summed E-state index contributed by atoms with van der Waals surface area (Å²) in [6.07, 6.45) is 5.94. The molecule has 1 aliphatic rings. The van der Waals surface area contributed by atoms with Gasteiger partial charge in [-0.25, -0.2) is 0 Å². The Morgan fingerprint density at radius 3 is 2.92 bits per heavy atom. The highest BCUT2D eigenvalue weighted by Gasteiger charge is 2.26. The van der Waals surface area contributed by atoms with Crippen molar-refractivity contribution in [2.24, 2.45) is 5.73 Å². The molecule has 1 aliphatic carbocycles. The van der Waals surface area contributed by atoms with Crippen LogP contribution in [-0.4, -0.2) is 10.8 Å². The van der Waals surface area contributed by atoms with E-state index in [9.17, 15) is 0 Å². The van der Waals surface area contributed by atoms with E-state index in [1.165, 1.54) is 12.8 Å². The summed E-state index contributed by atoms with van der Waals surface area (Å²) in [4.78, 5) is 4.04. The summed E-state index contributed by atoms with van der Waals surface area (Å²) < 4.78 is 0. The molecule has 1 aromatic rings. The molecule has 62 valence electrons. The number of nitrogens with zero attached hydrogens (tertiary/aromatic N) is 1. The molecule has 0 radical (unpaired) electrons. The van der Waals surface area contributed by atoms with E-state index < -0.39 is 0 Å². The zero-order valence-electron chi connectivity index (χ0n) is 6.75. The topological polar surface area (TPSA) is 62.8 Å². The van der Waals surface area contributed by atoms with Crippen LogP contribution in [0.5, 0.6) is 0 Å². The molecule has 1 aromatic heterocycles. The molecular formula is C9H11N3. The van der Waals surface area contributed by atoms with E-state index in [0.29, 0.717) is 5.92 Å². The van der Waals surface area contributed by atoms with Gasteiger partial charge in [0.1, 0.15) is 5.84 Å². The summed E-state index contributed by atoms with van der Waals surface area (Å²) in [5.74, 6) is 0.761. The molecule has 1 heterocycles. The lowest BCUT2D eigenvalue weighted by Gasteiger charge is -2.04. The van der Waals surface area contributed by atoms with E-state index in [2.05, 4.69) is 4.98 Å². The minimum Gasteiger partial charge on any atom is -0.384 e. The maximum absolute atomic E-state index is 7.35. The third-order valence-corrected chi connectivity index (χ3v) is 2.16. The van der Waals surface area contributed by atoms with Crippen molar-refractivity contribution in [1.29, 1.82) is 5.41 Å². The summed E-state index contributed by atoms with van der Waals surface area (Å²) in [6.45, 7) is 0. The lowest BCUT2D eigenvalue weighted by molar-refractivity contribution is 1.08. The second kappa shape index (κ2) is 2.59. The zero-order chi connectivity index (χ0) is 8.55. The predicted octanol–water partition coefficient (Wildman–Crippen LogP) is 1.24.